The molecule has 2 rings (SSSR count). The Hall–Kier alpha value is -0.410. The molecule has 0 unspecified atom stereocenters. The molecular weight excluding hydrogens is 216 g/mol. The lowest BCUT2D eigenvalue weighted by molar-refractivity contribution is 0.346. The predicted octanol–water partition coefficient (Wildman–Crippen LogP) is 1.61. The highest BCUT2D eigenvalue weighted by Crippen LogP contribution is 2.18. The van der Waals surface area contributed by atoms with Gasteiger partial charge in [-0.25, -0.2) is 4.98 Å². The van der Waals surface area contributed by atoms with Gasteiger partial charge in [-0.2, -0.15) is 0 Å². The van der Waals surface area contributed by atoms with Crippen molar-refractivity contribution in [2.45, 2.75) is 6.42 Å². The van der Waals surface area contributed by atoms with Gasteiger partial charge in [0.15, 0.2) is 0 Å². The summed E-state index contributed by atoms with van der Waals surface area (Å²) in [5.74, 6) is 0.811. The Labute approximate surface area is 80.5 Å². The summed E-state index contributed by atoms with van der Waals surface area (Å²) in [5, 5.41) is 3.27. The van der Waals surface area contributed by atoms with Crippen LogP contribution in [0.3, 0.4) is 0 Å². The molecule has 0 amide bonds. The smallest absolute Gasteiger partial charge is 0.109 e. The van der Waals surface area contributed by atoms with Gasteiger partial charge in [0, 0.05) is 6.20 Å². The summed E-state index contributed by atoms with van der Waals surface area (Å²) in [5.41, 5.74) is 1.32. The molecule has 0 spiro atoms. The second-order valence-corrected chi connectivity index (χ2v) is 3.93. The van der Waals surface area contributed by atoms with Gasteiger partial charge in [-0.05, 0) is 53.0 Å². The van der Waals surface area contributed by atoms with E-state index in [1.165, 1.54) is 5.56 Å². The van der Waals surface area contributed by atoms with Crippen molar-refractivity contribution >= 4 is 15.9 Å². The van der Waals surface area contributed by atoms with E-state index in [-0.39, 0.29) is 0 Å². The lowest BCUT2D eigenvalue weighted by Crippen LogP contribution is -2.43. The van der Waals surface area contributed by atoms with Crippen molar-refractivity contribution in [2.24, 2.45) is 5.92 Å². The summed E-state index contributed by atoms with van der Waals surface area (Å²) < 4.78 is 0.997. The van der Waals surface area contributed by atoms with Gasteiger partial charge in [0.25, 0.3) is 0 Å². The van der Waals surface area contributed by atoms with Gasteiger partial charge in [-0.15, -0.1) is 0 Å². The van der Waals surface area contributed by atoms with Gasteiger partial charge in [-0.1, -0.05) is 6.07 Å². The van der Waals surface area contributed by atoms with Crippen LogP contribution in [0.2, 0.25) is 0 Å². The molecule has 1 aromatic heterocycles. The monoisotopic (exact) mass is 226 g/mol. The molecule has 2 heterocycles. The molecule has 1 saturated heterocycles. The number of aromatic nitrogens is 1. The van der Waals surface area contributed by atoms with Crippen LogP contribution in [0.25, 0.3) is 0 Å². The van der Waals surface area contributed by atoms with Gasteiger partial charge >= 0.3 is 0 Å². The number of hydrogen-bond acceptors (Lipinski definition) is 2. The van der Waals surface area contributed by atoms with Crippen LogP contribution in [0, 0.1) is 5.92 Å². The number of rotatable bonds is 2. The number of nitrogens with one attached hydrogen (secondary N) is 1. The summed E-state index contributed by atoms with van der Waals surface area (Å²) in [4.78, 5) is 4.19. The van der Waals surface area contributed by atoms with E-state index in [1.807, 2.05) is 12.3 Å². The summed E-state index contributed by atoms with van der Waals surface area (Å²) in [7, 11) is 0. The van der Waals surface area contributed by atoms with Crippen molar-refractivity contribution in [3.63, 3.8) is 0 Å². The summed E-state index contributed by atoms with van der Waals surface area (Å²) >= 11 is 3.45. The van der Waals surface area contributed by atoms with Crippen LogP contribution in [0.4, 0.5) is 0 Å². The third-order valence-corrected chi connectivity index (χ3v) is 2.92. The SMILES string of the molecule is Brc1ncccc1CC1CNC1. The first-order valence-electron chi connectivity index (χ1n) is 4.16. The van der Waals surface area contributed by atoms with Crippen molar-refractivity contribution in [1.29, 1.82) is 0 Å². The zero-order valence-corrected chi connectivity index (χ0v) is 8.34. The van der Waals surface area contributed by atoms with Crippen LogP contribution in [0.5, 0.6) is 0 Å². The highest BCUT2D eigenvalue weighted by atomic mass is 79.9. The Morgan fingerprint density at radius 3 is 3.00 bits per heavy atom. The molecule has 1 aliphatic heterocycles. The molecule has 1 fully saturated rings. The molecule has 0 aliphatic carbocycles. The molecular formula is C9H11BrN2. The highest BCUT2D eigenvalue weighted by molar-refractivity contribution is 9.10. The topological polar surface area (TPSA) is 24.9 Å². The van der Waals surface area contributed by atoms with Crippen LogP contribution in [-0.2, 0) is 6.42 Å². The van der Waals surface area contributed by atoms with E-state index < -0.39 is 0 Å². The molecule has 1 N–H and O–H groups in total. The molecule has 0 aromatic carbocycles. The Kier molecular flexibility index (Phi) is 2.42. The zero-order valence-electron chi connectivity index (χ0n) is 6.76. The van der Waals surface area contributed by atoms with Crippen molar-refractivity contribution in [3.05, 3.63) is 28.5 Å². The maximum Gasteiger partial charge on any atom is 0.109 e. The Balaban J connectivity index is 2.06. The van der Waals surface area contributed by atoms with Gasteiger partial charge in [0.2, 0.25) is 0 Å². The molecule has 1 aromatic rings. The highest BCUT2D eigenvalue weighted by Gasteiger charge is 2.17. The normalized spacial score (nSPS) is 17.4. The molecule has 0 saturated carbocycles. The second kappa shape index (κ2) is 3.54. The fourth-order valence-electron chi connectivity index (χ4n) is 1.38. The number of pyridine rings is 1. The quantitative estimate of drug-likeness (QED) is 0.776. The fourth-order valence-corrected chi connectivity index (χ4v) is 1.79. The summed E-state index contributed by atoms with van der Waals surface area (Å²) in [6.07, 6.45) is 2.95. The van der Waals surface area contributed by atoms with E-state index in [4.69, 9.17) is 0 Å². The average molecular weight is 227 g/mol. The molecule has 64 valence electrons. The Morgan fingerprint density at radius 2 is 2.42 bits per heavy atom. The van der Waals surface area contributed by atoms with Gasteiger partial charge in [-0.3, -0.25) is 0 Å². The van der Waals surface area contributed by atoms with Crippen molar-refractivity contribution in [1.82, 2.24) is 10.3 Å². The Morgan fingerprint density at radius 1 is 1.58 bits per heavy atom. The van der Waals surface area contributed by atoms with Gasteiger partial charge in [0.1, 0.15) is 4.60 Å². The number of halogens is 1. The standard InChI is InChI=1S/C9H11BrN2/c10-9-8(2-1-3-12-9)4-7-5-11-6-7/h1-3,7,11H,4-6H2. The predicted molar refractivity (Wildman–Crippen MR) is 52.0 cm³/mol. The minimum atomic E-state index is 0.811. The van der Waals surface area contributed by atoms with Gasteiger partial charge in [0.05, 0.1) is 0 Å². The lowest BCUT2D eigenvalue weighted by Gasteiger charge is -2.27. The second-order valence-electron chi connectivity index (χ2n) is 3.18. The molecule has 0 atom stereocenters. The van der Waals surface area contributed by atoms with Crippen molar-refractivity contribution in [2.75, 3.05) is 13.1 Å². The first-order valence-corrected chi connectivity index (χ1v) is 4.95. The van der Waals surface area contributed by atoms with Gasteiger partial charge < -0.3 is 5.32 Å². The van der Waals surface area contributed by atoms with Crippen LogP contribution in [-0.4, -0.2) is 18.1 Å². The number of hydrogen-bond donors (Lipinski definition) is 1. The van der Waals surface area contributed by atoms with Crippen molar-refractivity contribution in [3.8, 4) is 0 Å². The summed E-state index contributed by atoms with van der Waals surface area (Å²) in [6, 6.07) is 4.13. The molecule has 0 radical (unpaired) electrons. The summed E-state index contributed by atoms with van der Waals surface area (Å²) in [6.45, 7) is 2.31. The molecule has 1 aliphatic rings. The zero-order chi connectivity index (χ0) is 8.39. The van der Waals surface area contributed by atoms with Crippen molar-refractivity contribution < 1.29 is 0 Å². The van der Waals surface area contributed by atoms with E-state index in [0.717, 1.165) is 30.0 Å². The number of nitrogens with zero attached hydrogens (tertiary/aromatic N) is 1. The molecule has 12 heavy (non-hydrogen) atoms. The molecule has 0 bridgehead atoms. The molecule has 2 nitrogen and oxygen atoms in total. The lowest BCUT2D eigenvalue weighted by atomic mass is 9.95. The van der Waals surface area contributed by atoms with E-state index in [0.29, 0.717) is 0 Å². The van der Waals surface area contributed by atoms with Crippen LogP contribution in [0.15, 0.2) is 22.9 Å². The third kappa shape index (κ3) is 1.67. The fraction of sp³-hybridized carbons (Fsp3) is 0.444. The average Bonchev–Trinajstić information content (AvgIpc) is 2.00. The van der Waals surface area contributed by atoms with Crippen LogP contribution >= 0.6 is 15.9 Å². The van der Waals surface area contributed by atoms with E-state index >= 15 is 0 Å². The maximum atomic E-state index is 4.19. The third-order valence-electron chi connectivity index (χ3n) is 2.21. The minimum Gasteiger partial charge on any atom is -0.316 e. The van der Waals surface area contributed by atoms with E-state index in [9.17, 15) is 0 Å². The van der Waals surface area contributed by atoms with E-state index in [2.05, 4.69) is 32.3 Å². The first-order chi connectivity index (χ1) is 5.86. The first kappa shape index (κ1) is 8.20. The minimum absolute atomic E-state index is 0.811. The van der Waals surface area contributed by atoms with E-state index in [1.54, 1.807) is 0 Å². The largest absolute Gasteiger partial charge is 0.316 e. The maximum absolute atomic E-state index is 4.19. The van der Waals surface area contributed by atoms with Crippen LogP contribution < -0.4 is 5.32 Å². The molecule has 3 heteroatoms. The van der Waals surface area contributed by atoms with Crippen LogP contribution in [0.1, 0.15) is 5.56 Å². The Bertz CT molecular complexity index is 271.